The van der Waals surface area contributed by atoms with Crippen molar-refractivity contribution in [1.82, 2.24) is 0 Å². The van der Waals surface area contributed by atoms with Gasteiger partial charge in [-0.05, 0) is 48.2 Å². The molecule has 0 aliphatic heterocycles. The van der Waals surface area contributed by atoms with Gasteiger partial charge in [-0.25, -0.2) is 4.39 Å². The molecule has 0 unspecified atom stereocenters. The van der Waals surface area contributed by atoms with E-state index in [1.165, 1.54) is 17.2 Å². The summed E-state index contributed by atoms with van der Waals surface area (Å²) in [5.74, 6) is 0.373. The predicted octanol–water partition coefficient (Wildman–Crippen LogP) is 4.00. The fourth-order valence-corrected chi connectivity index (χ4v) is 2.76. The SMILES string of the molecule is N[C@@H]1CCc2cc(OCc3c(F)cccc3Cl)ccc21. The molecule has 0 fully saturated rings. The van der Waals surface area contributed by atoms with Crippen LogP contribution in [-0.4, -0.2) is 0 Å². The summed E-state index contributed by atoms with van der Waals surface area (Å²) in [5, 5.41) is 0.383. The maximum atomic E-state index is 13.6. The molecule has 104 valence electrons. The van der Waals surface area contributed by atoms with Gasteiger partial charge in [-0.1, -0.05) is 23.7 Å². The molecule has 0 aromatic heterocycles. The van der Waals surface area contributed by atoms with E-state index in [0.717, 1.165) is 18.6 Å². The molecule has 0 saturated heterocycles. The van der Waals surface area contributed by atoms with Crippen LogP contribution in [-0.2, 0) is 13.0 Å². The van der Waals surface area contributed by atoms with Crippen LogP contribution < -0.4 is 10.5 Å². The minimum Gasteiger partial charge on any atom is -0.489 e. The molecule has 1 aliphatic rings. The first-order valence-electron chi connectivity index (χ1n) is 6.59. The van der Waals surface area contributed by atoms with Crippen molar-refractivity contribution in [3.63, 3.8) is 0 Å². The smallest absolute Gasteiger partial charge is 0.131 e. The fraction of sp³-hybridized carbons (Fsp3) is 0.250. The van der Waals surface area contributed by atoms with E-state index in [2.05, 4.69) is 0 Å². The van der Waals surface area contributed by atoms with Gasteiger partial charge in [0.1, 0.15) is 18.2 Å². The molecule has 4 heteroatoms. The highest BCUT2D eigenvalue weighted by molar-refractivity contribution is 6.31. The van der Waals surface area contributed by atoms with Crippen LogP contribution in [0.4, 0.5) is 4.39 Å². The second-order valence-corrected chi connectivity index (χ2v) is 5.40. The lowest BCUT2D eigenvalue weighted by molar-refractivity contribution is 0.299. The minimum atomic E-state index is -0.347. The van der Waals surface area contributed by atoms with Crippen LogP contribution in [0.15, 0.2) is 36.4 Å². The Hall–Kier alpha value is -1.58. The Morgan fingerprint density at radius 2 is 2.15 bits per heavy atom. The van der Waals surface area contributed by atoms with Crippen LogP contribution in [0.3, 0.4) is 0 Å². The molecule has 0 heterocycles. The second-order valence-electron chi connectivity index (χ2n) is 4.99. The second kappa shape index (κ2) is 5.43. The van der Waals surface area contributed by atoms with Gasteiger partial charge in [-0.3, -0.25) is 0 Å². The van der Waals surface area contributed by atoms with E-state index in [9.17, 15) is 4.39 Å². The van der Waals surface area contributed by atoms with E-state index >= 15 is 0 Å². The lowest BCUT2D eigenvalue weighted by atomic mass is 10.1. The van der Waals surface area contributed by atoms with Gasteiger partial charge in [-0.15, -0.1) is 0 Å². The zero-order valence-electron chi connectivity index (χ0n) is 10.9. The molecule has 2 nitrogen and oxygen atoms in total. The van der Waals surface area contributed by atoms with Crippen LogP contribution >= 0.6 is 11.6 Å². The van der Waals surface area contributed by atoms with Crippen molar-refractivity contribution >= 4 is 11.6 Å². The molecular weight excluding hydrogens is 277 g/mol. The van der Waals surface area contributed by atoms with Crippen molar-refractivity contribution in [2.24, 2.45) is 5.73 Å². The van der Waals surface area contributed by atoms with Crippen LogP contribution in [0.1, 0.15) is 29.2 Å². The number of aryl methyl sites for hydroxylation is 1. The first kappa shape index (κ1) is 13.4. The number of halogens is 2. The van der Waals surface area contributed by atoms with Crippen LogP contribution in [0.5, 0.6) is 5.75 Å². The Kier molecular flexibility index (Phi) is 3.64. The Labute approximate surface area is 122 Å². The summed E-state index contributed by atoms with van der Waals surface area (Å²) in [7, 11) is 0. The van der Waals surface area contributed by atoms with Gasteiger partial charge in [0, 0.05) is 11.6 Å². The first-order chi connectivity index (χ1) is 9.65. The van der Waals surface area contributed by atoms with E-state index in [-0.39, 0.29) is 18.5 Å². The lowest BCUT2D eigenvalue weighted by Gasteiger charge is -2.11. The van der Waals surface area contributed by atoms with E-state index in [1.54, 1.807) is 12.1 Å². The Bertz CT molecular complexity index is 624. The molecule has 2 aromatic rings. The summed E-state index contributed by atoms with van der Waals surface area (Å²) < 4.78 is 19.3. The van der Waals surface area contributed by atoms with E-state index in [4.69, 9.17) is 22.1 Å². The summed E-state index contributed by atoms with van der Waals surface area (Å²) in [6.07, 6.45) is 1.94. The highest BCUT2D eigenvalue weighted by atomic mass is 35.5. The zero-order chi connectivity index (χ0) is 14.1. The third-order valence-electron chi connectivity index (χ3n) is 3.68. The van der Waals surface area contributed by atoms with Crippen LogP contribution in [0.25, 0.3) is 0 Å². The Morgan fingerprint density at radius 3 is 2.95 bits per heavy atom. The number of nitrogens with two attached hydrogens (primary N) is 1. The van der Waals surface area contributed by atoms with Gasteiger partial charge in [0.05, 0.1) is 5.02 Å². The molecule has 1 aliphatic carbocycles. The Morgan fingerprint density at radius 1 is 1.30 bits per heavy atom. The van der Waals surface area contributed by atoms with E-state index in [0.29, 0.717) is 10.6 Å². The number of hydrogen-bond acceptors (Lipinski definition) is 2. The Balaban J connectivity index is 1.76. The molecule has 2 aromatic carbocycles. The number of benzene rings is 2. The topological polar surface area (TPSA) is 35.2 Å². The third kappa shape index (κ3) is 2.51. The maximum absolute atomic E-state index is 13.6. The van der Waals surface area contributed by atoms with Crippen molar-refractivity contribution in [3.8, 4) is 5.75 Å². The predicted molar refractivity (Wildman–Crippen MR) is 77.4 cm³/mol. The summed E-state index contributed by atoms with van der Waals surface area (Å²) in [6.45, 7) is 0.121. The van der Waals surface area contributed by atoms with Crippen LogP contribution in [0.2, 0.25) is 5.02 Å². The van der Waals surface area contributed by atoms with Gasteiger partial charge < -0.3 is 10.5 Å². The standard InChI is InChI=1S/C16H15ClFNO/c17-14-2-1-3-15(18)13(14)9-20-11-5-6-12-10(8-11)4-7-16(12)19/h1-3,5-6,8,16H,4,7,9,19H2/t16-/m1/s1. The number of ether oxygens (including phenoxy) is 1. The molecule has 0 radical (unpaired) electrons. The molecule has 3 rings (SSSR count). The highest BCUT2D eigenvalue weighted by Crippen LogP contribution is 2.32. The highest BCUT2D eigenvalue weighted by Gasteiger charge is 2.19. The molecule has 0 saturated carbocycles. The minimum absolute atomic E-state index is 0.121. The molecule has 20 heavy (non-hydrogen) atoms. The summed E-state index contributed by atoms with van der Waals surface area (Å²) in [6, 6.07) is 10.6. The van der Waals surface area contributed by atoms with Crippen molar-refractivity contribution < 1.29 is 9.13 Å². The van der Waals surface area contributed by atoms with Crippen molar-refractivity contribution in [2.45, 2.75) is 25.5 Å². The molecular formula is C16H15ClFNO. The van der Waals surface area contributed by atoms with Crippen molar-refractivity contribution in [1.29, 1.82) is 0 Å². The van der Waals surface area contributed by atoms with Gasteiger partial charge >= 0.3 is 0 Å². The molecule has 0 bridgehead atoms. The van der Waals surface area contributed by atoms with Gasteiger partial charge in [0.15, 0.2) is 0 Å². The number of rotatable bonds is 3. The average Bonchev–Trinajstić information content (AvgIpc) is 2.79. The van der Waals surface area contributed by atoms with Gasteiger partial charge in [0.2, 0.25) is 0 Å². The fourth-order valence-electron chi connectivity index (χ4n) is 2.54. The molecule has 1 atom stereocenters. The number of hydrogen-bond donors (Lipinski definition) is 1. The van der Waals surface area contributed by atoms with E-state index < -0.39 is 0 Å². The van der Waals surface area contributed by atoms with Crippen LogP contribution in [0, 0.1) is 5.82 Å². The maximum Gasteiger partial charge on any atom is 0.131 e. The van der Waals surface area contributed by atoms with Crippen molar-refractivity contribution in [3.05, 3.63) is 63.9 Å². The zero-order valence-corrected chi connectivity index (χ0v) is 11.7. The summed E-state index contributed by atoms with van der Waals surface area (Å²) in [4.78, 5) is 0. The third-order valence-corrected chi connectivity index (χ3v) is 4.04. The van der Waals surface area contributed by atoms with E-state index in [1.807, 2.05) is 18.2 Å². The summed E-state index contributed by atoms with van der Waals surface area (Å²) >= 11 is 5.97. The quantitative estimate of drug-likeness (QED) is 0.927. The lowest BCUT2D eigenvalue weighted by Crippen LogP contribution is -2.05. The van der Waals surface area contributed by atoms with Crippen molar-refractivity contribution in [2.75, 3.05) is 0 Å². The number of fused-ring (bicyclic) bond motifs is 1. The average molecular weight is 292 g/mol. The summed E-state index contributed by atoms with van der Waals surface area (Å²) in [5.41, 5.74) is 8.77. The normalized spacial score (nSPS) is 17.1. The molecule has 0 amide bonds. The largest absolute Gasteiger partial charge is 0.489 e. The molecule has 2 N–H and O–H groups in total. The molecule has 0 spiro atoms. The van der Waals surface area contributed by atoms with Gasteiger partial charge in [-0.2, -0.15) is 0 Å². The first-order valence-corrected chi connectivity index (χ1v) is 6.97. The monoisotopic (exact) mass is 291 g/mol. The van der Waals surface area contributed by atoms with Gasteiger partial charge in [0.25, 0.3) is 0 Å².